The van der Waals surface area contributed by atoms with E-state index < -0.39 is 0 Å². The van der Waals surface area contributed by atoms with Crippen molar-refractivity contribution >= 4 is 0 Å². The molecule has 1 aromatic rings. The SMILES string of the molecule is CNCc1cc(C)nc(OC2CCCC2)c1. The second-order valence-corrected chi connectivity index (χ2v) is 4.51. The van der Waals surface area contributed by atoms with Crippen molar-refractivity contribution in [1.82, 2.24) is 10.3 Å². The Morgan fingerprint density at radius 1 is 1.38 bits per heavy atom. The zero-order chi connectivity index (χ0) is 11.4. The first-order chi connectivity index (χ1) is 7.78. The third kappa shape index (κ3) is 2.95. The van der Waals surface area contributed by atoms with Crippen LogP contribution in [0.4, 0.5) is 0 Å². The van der Waals surface area contributed by atoms with Crippen LogP contribution in [0.15, 0.2) is 12.1 Å². The van der Waals surface area contributed by atoms with Gasteiger partial charge in [0.2, 0.25) is 5.88 Å². The van der Waals surface area contributed by atoms with Gasteiger partial charge in [0.25, 0.3) is 0 Å². The number of ether oxygens (including phenoxy) is 1. The zero-order valence-corrected chi connectivity index (χ0v) is 10.1. The van der Waals surface area contributed by atoms with E-state index in [2.05, 4.69) is 16.4 Å². The van der Waals surface area contributed by atoms with E-state index >= 15 is 0 Å². The lowest BCUT2D eigenvalue weighted by molar-refractivity contribution is 0.201. The summed E-state index contributed by atoms with van der Waals surface area (Å²) in [5.74, 6) is 0.789. The number of rotatable bonds is 4. The molecule has 0 spiro atoms. The largest absolute Gasteiger partial charge is 0.474 e. The molecule has 88 valence electrons. The van der Waals surface area contributed by atoms with E-state index in [1.807, 2.05) is 20.0 Å². The molecule has 1 aliphatic rings. The summed E-state index contributed by atoms with van der Waals surface area (Å²) < 4.78 is 5.90. The molecule has 2 rings (SSSR count). The van der Waals surface area contributed by atoms with Crippen molar-refractivity contribution in [2.24, 2.45) is 0 Å². The van der Waals surface area contributed by atoms with Gasteiger partial charge in [-0.3, -0.25) is 0 Å². The van der Waals surface area contributed by atoms with Crippen molar-refractivity contribution in [3.63, 3.8) is 0 Å². The van der Waals surface area contributed by atoms with Crippen molar-refractivity contribution in [2.45, 2.75) is 45.3 Å². The van der Waals surface area contributed by atoms with Crippen LogP contribution in [0.3, 0.4) is 0 Å². The van der Waals surface area contributed by atoms with Gasteiger partial charge >= 0.3 is 0 Å². The van der Waals surface area contributed by atoms with E-state index in [9.17, 15) is 0 Å². The molecule has 0 amide bonds. The Morgan fingerprint density at radius 2 is 2.12 bits per heavy atom. The highest BCUT2D eigenvalue weighted by molar-refractivity contribution is 5.24. The summed E-state index contributed by atoms with van der Waals surface area (Å²) in [7, 11) is 1.95. The number of nitrogens with zero attached hydrogens (tertiary/aromatic N) is 1. The predicted octanol–water partition coefficient (Wildman–Crippen LogP) is 2.43. The van der Waals surface area contributed by atoms with Gasteiger partial charge in [0, 0.05) is 18.3 Å². The van der Waals surface area contributed by atoms with E-state index in [1.54, 1.807) is 0 Å². The highest BCUT2D eigenvalue weighted by atomic mass is 16.5. The van der Waals surface area contributed by atoms with Crippen molar-refractivity contribution in [2.75, 3.05) is 7.05 Å². The third-order valence-corrected chi connectivity index (χ3v) is 2.96. The van der Waals surface area contributed by atoms with Crippen LogP contribution in [0.2, 0.25) is 0 Å². The molecule has 0 bridgehead atoms. The summed E-state index contributed by atoms with van der Waals surface area (Å²) in [6.45, 7) is 2.88. The molecular formula is C13H20N2O. The Bertz CT molecular complexity index is 346. The van der Waals surface area contributed by atoms with Crippen LogP contribution >= 0.6 is 0 Å². The average molecular weight is 220 g/mol. The van der Waals surface area contributed by atoms with Crippen molar-refractivity contribution in [3.05, 3.63) is 23.4 Å². The summed E-state index contributed by atoms with van der Waals surface area (Å²) >= 11 is 0. The monoisotopic (exact) mass is 220 g/mol. The second-order valence-electron chi connectivity index (χ2n) is 4.51. The average Bonchev–Trinajstić information content (AvgIpc) is 2.70. The van der Waals surface area contributed by atoms with Crippen LogP contribution in [0.1, 0.15) is 36.9 Å². The predicted molar refractivity (Wildman–Crippen MR) is 64.6 cm³/mol. The van der Waals surface area contributed by atoms with Crippen LogP contribution in [-0.2, 0) is 6.54 Å². The summed E-state index contributed by atoms with van der Waals surface area (Å²) in [5.41, 5.74) is 2.27. The molecular weight excluding hydrogens is 200 g/mol. The molecule has 1 aliphatic carbocycles. The number of aryl methyl sites for hydroxylation is 1. The summed E-state index contributed by atoms with van der Waals surface area (Å²) in [6, 6.07) is 4.14. The third-order valence-electron chi connectivity index (χ3n) is 2.96. The van der Waals surface area contributed by atoms with Gasteiger partial charge in [0.15, 0.2) is 0 Å². The Hall–Kier alpha value is -1.09. The van der Waals surface area contributed by atoms with E-state index in [1.165, 1.54) is 31.2 Å². The normalized spacial score (nSPS) is 16.6. The first-order valence-corrected chi connectivity index (χ1v) is 6.07. The van der Waals surface area contributed by atoms with Crippen LogP contribution in [0.25, 0.3) is 0 Å². The van der Waals surface area contributed by atoms with Crippen LogP contribution in [-0.4, -0.2) is 18.1 Å². The lowest BCUT2D eigenvalue weighted by atomic mass is 10.2. The van der Waals surface area contributed by atoms with Gasteiger partial charge in [0.1, 0.15) is 6.10 Å². The highest BCUT2D eigenvalue weighted by Gasteiger charge is 2.17. The molecule has 1 saturated carbocycles. The number of aromatic nitrogens is 1. The van der Waals surface area contributed by atoms with E-state index in [-0.39, 0.29) is 0 Å². The molecule has 1 N–H and O–H groups in total. The number of nitrogens with one attached hydrogen (secondary N) is 1. The molecule has 1 heterocycles. The first kappa shape index (κ1) is 11.4. The molecule has 3 heteroatoms. The lowest BCUT2D eigenvalue weighted by Gasteiger charge is -2.13. The minimum Gasteiger partial charge on any atom is -0.474 e. The number of hydrogen-bond donors (Lipinski definition) is 1. The fourth-order valence-electron chi connectivity index (χ4n) is 2.25. The van der Waals surface area contributed by atoms with Crippen molar-refractivity contribution < 1.29 is 4.74 Å². The van der Waals surface area contributed by atoms with Crippen LogP contribution < -0.4 is 10.1 Å². The molecule has 0 saturated heterocycles. The van der Waals surface area contributed by atoms with E-state index in [0.717, 1.165) is 18.1 Å². The van der Waals surface area contributed by atoms with Gasteiger partial charge in [0.05, 0.1) is 0 Å². The van der Waals surface area contributed by atoms with Gasteiger partial charge in [-0.1, -0.05) is 0 Å². The summed E-state index contributed by atoms with van der Waals surface area (Å²) in [5, 5.41) is 3.15. The molecule has 0 unspecified atom stereocenters. The van der Waals surface area contributed by atoms with Gasteiger partial charge in [-0.05, 0) is 51.3 Å². The van der Waals surface area contributed by atoms with Gasteiger partial charge in [-0.25, -0.2) is 4.98 Å². The van der Waals surface area contributed by atoms with Gasteiger partial charge < -0.3 is 10.1 Å². The molecule has 0 atom stereocenters. The first-order valence-electron chi connectivity index (χ1n) is 6.07. The maximum atomic E-state index is 5.90. The Labute approximate surface area is 97.2 Å². The van der Waals surface area contributed by atoms with Crippen LogP contribution in [0, 0.1) is 6.92 Å². The fourth-order valence-corrected chi connectivity index (χ4v) is 2.25. The zero-order valence-electron chi connectivity index (χ0n) is 10.1. The van der Waals surface area contributed by atoms with Crippen LogP contribution in [0.5, 0.6) is 5.88 Å². The standard InChI is InChI=1S/C13H20N2O/c1-10-7-11(9-14-2)8-13(15-10)16-12-5-3-4-6-12/h7-8,12,14H,3-6,9H2,1-2H3. The number of hydrogen-bond acceptors (Lipinski definition) is 3. The topological polar surface area (TPSA) is 34.2 Å². The molecule has 1 aromatic heterocycles. The molecule has 16 heavy (non-hydrogen) atoms. The maximum Gasteiger partial charge on any atom is 0.214 e. The van der Waals surface area contributed by atoms with Crippen molar-refractivity contribution in [1.29, 1.82) is 0 Å². The molecule has 1 fully saturated rings. The maximum absolute atomic E-state index is 5.90. The van der Waals surface area contributed by atoms with E-state index in [0.29, 0.717) is 6.10 Å². The molecule has 0 radical (unpaired) electrons. The summed E-state index contributed by atoms with van der Waals surface area (Å²) in [4.78, 5) is 4.43. The van der Waals surface area contributed by atoms with Gasteiger partial charge in [-0.15, -0.1) is 0 Å². The lowest BCUT2D eigenvalue weighted by Crippen LogP contribution is -2.13. The molecule has 0 aromatic carbocycles. The molecule has 3 nitrogen and oxygen atoms in total. The quantitative estimate of drug-likeness (QED) is 0.846. The Morgan fingerprint density at radius 3 is 2.81 bits per heavy atom. The Kier molecular flexibility index (Phi) is 3.78. The fraction of sp³-hybridized carbons (Fsp3) is 0.615. The van der Waals surface area contributed by atoms with Crippen molar-refractivity contribution in [3.8, 4) is 5.88 Å². The minimum atomic E-state index is 0.386. The smallest absolute Gasteiger partial charge is 0.214 e. The summed E-state index contributed by atoms with van der Waals surface area (Å²) in [6.07, 6.45) is 5.32. The number of pyridine rings is 1. The Balaban J connectivity index is 2.06. The highest BCUT2D eigenvalue weighted by Crippen LogP contribution is 2.23. The van der Waals surface area contributed by atoms with E-state index in [4.69, 9.17) is 4.74 Å². The van der Waals surface area contributed by atoms with Gasteiger partial charge in [-0.2, -0.15) is 0 Å². The second kappa shape index (κ2) is 5.30. The molecule has 0 aliphatic heterocycles. The minimum absolute atomic E-state index is 0.386.